The van der Waals surface area contributed by atoms with Crippen molar-refractivity contribution in [3.8, 4) is 11.5 Å². The summed E-state index contributed by atoms with van der Waals surface area (Å²) >= 11 is 18.6. The van der Waals surface area contributed by atoms with E-state index in [1.807, 2.05) is 48.3 Å². The van der Waals surface area contributed by atoms with Crippen molar-refractivity contribution in [1.29, 1.82) is 0 Å². The highest BCUT2D eigenvalue weighted by molar-refractivity contribution is 6.37. The zero-order valence-corrected chi connectivity index (χ0v) is 20.5. The minimum Gasteiger partial charge on any atom is -0.491 e. The second-order valence-corrected chi connectivity index (χ2v) is 9.09. The first kappa shape index (κ1) is 25.7. The third-order valence-corrected chi connectivity index (χ3v) is 5.90. The van der Waals surface area contributed by atoms with Crippen LogP contribution in [0.15, 0.2) is 49.2 Å². The summed E-state index contributed by atoms with van der Waals surface area (Å²) < 4.78 is 11.4. The van der Waals surface area contributed by atoms with Crippen LogP contribution in [0.3, 0.4) is 0 Å². The Morgan fingerprint density at radius 1 is 1.10 bits per heavy atom. The topological polar surface area (TPSA) is 41.9 Å². The zero-order valence-electron chi connectivity index (χ0n) is 18.2. The van der Waals surface area contributed by atoms with E-state index in [1.165, 1.54) is 0 Å². The smallest absolute Gasteiger partial charge is 0.156 e. The number of benzene rings is 2. The average molecular weight is 487 g/mol. The van der Waals surface area contributed by atoms with Gasteiger partial charge in [-0.3, -0.25) is 0 Å². The highest BCUT2D eigenvalue weighted by Gasteiger charge is 2.25. The van der Waals surface area contributed by atoms with Gasteiger partial charge in [0.2, 0.25) is 0 Å². The molecule has 2 aromatic rings. The lowest BCUT2D eigenvalue weighted by molar-refractivity contribution is 0.0876. The molecule has 0 radical (unpaired) electrons. The molecule has 0 saturated heterocycles. The van der Waals surface area contributed by atoms with Gasteiger partial charge in [0, 0.05) is 24.9 Å². The van der Waals surface area contributed by atoms with Crippen LogP contribution in [0, 0.1) is 0 Å². The molecule has 0 aliphatic carbocycles. The summed E-state index contributed by atoms with van der Waals surface area (Å²) in [5.74, 6) is 1.70. The highest BCUT2D eigenvalue weighted by Crippen LogP contribution is 2.40. The number of halogens is 3. The Morgan fingerprint density at radius 2 is 1.71 bits per heavy atom. The molecular formula is C24H30Cl3NO3. The Bertz CT molecular complexity index is 833. The van der Waals surface area contributed by atoms with Gasteiger partial charge in [0.05, 0.1) is 16.7 Å². The van der Waals surface area contributed by atoms with Crippen LogP contribution in [0.4, 0.5) is 0 Å². The van der Waals surface area contributed by atoms with Crippen molar-refractivity contribution in [3.05, 3.63) is 70.3 Å². The molecule has 1 unspecified atom stereocenters. The highest BCUT2D eigenvalue weighted by atomic mass is 35.5. The van der Waals surface area contributed by atoms with Gasteiger partial charge in [-0.15, -0.1) is 11.6 Å². The summed E-state index contributed by atoms with van der Waals surface area (Å²) in [6.07, 6.45) is 1.78. The SMILES string of the molecule is C=CN(C)CC(O)COc1ccc(C(C)(C)c2cc(Cl)c(OCCCCl)c(Cl)c2)cc1. The molecule has 0 fully saturated rings. The number of aliphatic hydroxyl groups excluding tert-OH is 1. The van der Waals surface area contributed by atoms with Crippen molar-refractivity contribution >= 4 is 34.8 Å². The molecule has 0 aromatic heterocycles. The van der Waals surface area contributed by atoms with Crippen molar-refractivity contribution in [2.24, 2.45) is 0 Å². The number of hydrogen-bond acceptors (Lipinski definition) is 4. The van der Waals surface area contributed by atoms with Crippen molar-refractivity contribution in [3.63, 3.8) is 0 Å². The van der Waals surface area contributed by atoms with Gasteiger partial charge < -0.3 is 19.5 Å². The molecule has 0 saturated carbocycles. The Hall–Kier alpha value is -1.59. The predicted octanol–water partition coefficient (Wildman–Crippen LogP) is 6.14. The molecule has 0 bridgehead atoms. The predicted molar refractivity (Wildman–Crippen MR) is 130 cm³/mol. The molecular weight excluding hydrogens is 457 g/mol. The van der Waals surface area contributed by atoms with E-state index in [9.17, 15) is 5.11 Å². The number of nitrogens with zero attached hydrogens (tertiary/aromatic N) is 1. The number of rotatable bonds is 12. The quantitative estimate of drug-likeness (QED) is 0.289. The third-order valence-electron chi connectivity index (χ3n) is 5.07. The maximum Gasteiger partial charge on any atom is 0.156 e. The molecule has 31 heavy (non-hydrogen) atoms. The van der Waals surface area contributed by atoms with Gasteiger partial charge in [0.25, 0.3) is 0 Å². The van der Waals surface area contributed by atoms with Crippen molar-refractivity contribution in [1.82, 2.24) is 4.90 Å². The lowest BCUT2D eigenvalue weighted by Gasteiger charge is -2.27. The fourth-order valence-corrected chi connectivity index (χ4v) is 3.78. The Morgan fingerprint density at radius 3 is 2.26 bits per heavy atom. The van der Waals surface area contributed by atoms with Crippen LogP contribution in [-0.2, 0) is 5.41 Å². The van der Waals surface area contributed by atoms with Gasteiger partial charge in [0.15, 0.2) is 5.75 Å². The number of aliphatic hydroxyl groups is 1. The van der Waals surface area contributed by atoms with E-state index in [4.69, 9.17) is 44.3 Å². The molecule has 2 aromatic carbocycles. The van der Waals surface area contributed by atoms with Gasteiger partial charge in [-0.25, -0.2) is 0 Å². The number of likely N-dealkylation sites (N-methyl/N-ethyl adjacent to an activating group) is 1. The first-order valence-electron chi connectivity index (χ1n) is 10.1. The van der Waals surface area contributed by atoms with Crippen LogP contribution in [0.1, 0.15) is 31.4 Å². The number of ether oxygens (including phenoxy) is 2. The number of alkyl halides is 1. The molecule has 4 nitrogen and oxygen atoms in total. The first-order valence-corrected chi connectivity index (χ1v) is 11.4. The van der Waals surface area contributed by atoms with Crippen LogP contribution in [0.5, 0.6) is 11.5 Å². The summed E-state index contributed by atoms with van der Waals surface area (Å²) in [5.41, 5.74) is 1.71. The van der Waals surface area contributed by atoms with Crippen LogP contribution in [0.2, 0.25) is 10.0 Å². The fourth-order valence-electron chi connectivity index (χ4n) is 3.07. The normalized spacial score (nSPS) is 12.4. The molecule has 1 atom stereocenters. The van der Waals surface area contributed by atoms with E-state index in [0.29, 0.717) is 40.6 Å². The lowest BCUT2D eigenvalue weighted by atomic mass is 9.78. The summed E-state index contributed by atoms with van der Waals surface area (Å²) in [6, 6.07) is 11.6. The molecule has 1 N–H and O–H groups in total. The van der Waals surface area contributed by atoms with Crippen molar-refractivity contribution in [2.45, 2.75) is 31.8 Å². The van der Waals surface area contributed by atoms with E-state index in [-0.39, 0.29) is 12.0 Å². The first-order chi connectivity index (χ1) is 14.7. The van der Waals surface area contributed by atoms with Gasteiger partial charge >= 0.3 is 0 Å². The number of hydrogen-bond donors (Lipinski definition) is 1. The summed E-state index contributed by atoms with van der Waals surface area (Å²) in [4.78, 5) is 1.81. The van der Waals surface area contributed by atoms with Crippen LogP contribution in [-0.4, -0.2) is 48.8 Å². The van der Waals surface area contributed by atoms with Gasteiger partial charge in [-0.05, 0) is 48.0 Å². The third kappa shape index (κ3) is 7.21. The monoisotopic (exact) mass is 485 g/mol. The van der Waals surface area contributed by atoms with E-state index in [2.05, 4.69) is 20.4 Å². The molecule has 170 valence electrons. The standard InChI is InChI=1S/C24H30Cl3NO3/c1-5-28(4)15-19(29)16-31-20-9-7-17(8-10-20)24(2,3)18-13-21(26)23(22(27)14-18)30-12-6-11-25/h5,7-10,13-14,19,29H,1,6,11-12,15-16H2,2-4H3. The van der Waals surface area contributed by atoms with E-state index in [1.54, 1.807) is 6.20 Å². The van der Waals surface area contributed by atoms with E-state index in [0.717, 1.165) is 17.5 Å². The largest absolute Gasteiger partial charge is 0.491 e. The maximum absolute atomic E-state index is 10.0. The Balaban J connectivity index is 2.10. The summed E-state index contributed by atoms with van der Waals surface area (Å²) in [5, 5.41) is 11.0. The summed E-state index contributed by atoms with van der Waals surface area (Å²) in [7, 11) is 1.85. The molecule has 0 spiro atoms. The van der Waals surface area contributed by atoms with E-state index < -0.39 is 6.10 Å². The van der Waals surface area contributed by atoms with Gasteiger partial charge in [-0.1, -0.05) is 55.8 Å². The average Bonchev–Trinajstić information content (AvgIpc) is 2.74. The zero-order chi connectivity index (χ0) is 23.0. The second kappa shape index (κ2) is 11.9. The summed E-state index contributed by atoms with van der Waals surface area (Å²) in [6.45, 7) is 9.01. The molecule has 7 heteroatoms. The Labute approximate surface area is 200 Å². The van der Waals surface area contributed by atoms with Crippen LogP contribution < -0.4 is 9.47 Å². The van der Waals surface area contributed by atoms with Crippen LogP contribution >= 0.6 is 34.8 Å². The minimum atomic E-state index is -0.603. The molecule has 0 heterocycles. The molecule has 0 amide bonds. The van der Waals surface area contributed by atoms with Crippen molar-refractivity contribution in [2.75, 3.05) is 32.7 Å². The molecule has 0 aliphatic rings. The maximum atomic E-state index is 10.0. The van der Waals surface area contributed by atoms with Gasteiger partial charge in [-0.2, -0.15) is 0 Å². The van der Waals surface area contributed by atoms with Crippen LogP contribution in [0.25, 0.3) is 0 Å². The second-order valence-electron chi connectivity index (χ2n) is 7.90. The lowest BCUT2D eigenvalue weighted by Crippen LogP contribution is -2.30. The molecule has 2 rings (SSSR count). The van der Waals surface area contributed by atoms with E-state index >= 15 is 0 Å². The minimum absolute atomic E-state index is 0.206. The molecule has 0 aliphatic heterocycles. The Kier molecular flexibility index (Phi) is 9.83. The van der Waals surface area contributed by atoms with Gasteiger partial charge in [0.1, 0.15) is 18.5 Å². The fraction of sp³-hybridized carbons (Fsp3) is 0.417. The van der Waals surface area contributed by atoms with Crippen molar-refractivity contribution < 1.29 is 14.6 Å².